The number of hydrazine groups is 1. The van der Waals surface area contributed by atoms with E-state index in [1.165, 1.54) is 0 Å². The van der Waals surface area contributed by atoms with E-state index in [2.05, 4.69) is 23.9 Å². The zero-order valence-electron chi connectivity index (χ0n) is 7.35. The molecule has 0 aliphatic carbocycles. The third-order valence-electron chi connectivity index (χ3n) is 1.29. The fourth-order valence-corrected chi connectivity index (χ4v) is 0.668. The highest BCUT2D eigenvalue weighted by molar-refractivity contribution is 5.31. The van der Waals surface area contributed by atoms with Crippen molar-refractivity contribution in [3.63, 3.8) is 0 Å². The van der Waals surface area contributed by atoms with Crippen molar-refractivity contribution >= 4 is 0 Å². The molecule has 0 aromatic carbocycles. The Labute approximate surface area is 73.0 Å². The van der Waals surface area contributed by atoms with Crippen molar-refractivity contribution in [1.82, 2.24) is 10.7 Å². The fourth-order valence-electron chi connectivity index (χ4n) is 0.668. The van der Waals surface area contributed by atoms with Crippen molar-refractivity contribution in [3.8, 4) is 0 Å². The summed E-state index contributed by atoms with van der Waals surface area (Å²) in [5.41, 5.74) is 9.82. The highest BCUT2D eigenvalue weighted by atomic mass is 15.2. The van der Waals surface area contributed by atoms with Crippen LogP contribution in [0.1, 0.15) is 0 Å². The number of hydrogen-bond donors (Lipinski definition) is 4. The second-order valence-corrected chi connectivity index (χ2v) is 2.41. The number of hydrogen-bond acceptors (Lipinski definition) is 4. The van der Waals surface area contributed by atoms with Crippen LogP contribution in [0.3, 0.4) is 0 Å². The molecule has 0 amide bonds. The van der Waals surface area contributed by atoms with Crippen LogP contribution in [-0.4, -0.2) is 13.6 Å². The number of rotatable bonds is 5. The van der Waals surface area contributed by atoms with Crippen LogP contribution in [0, 0.1) is 0 Å². The predicted molar refractivity (Wildman–Crippen MR) is 51.8 cm³/mol. The number of likely N-dealkylation sites (N-methyl/N-ethyl adjacent to an activating group) is 1. The van der Waals surface area contributed by atoms with Crippen molar-refractivity contribution in [1.29, 1.82) is 0 Å². The van der Waals surface area contributed by atoms with Crippen molar-refractivity contribution in [2.75, 3.05) is 13.6 Å². The molecule has 0 spiro atoms. The van der Waals surface area contributed by atoms with Gasteiger partial charge in [0.1, 0.15) is 0 Å². The van der Waals surface area contributed by atoms with E-state index in [0.717, 1.165) is 5.57 Å². The van der Waals surface area contributed by atoms with E-state index in [0.29, 0.717) is 17.9 Å². The van der Waals surface area contributed by atoms with Crippen molar-refractivity contribution in [2.24, 2.45) is 11.6 Å². The summed E-state index contributed by atoms with van der Waals surface area (Å²) in [4.78, 5) is 0. The standard InChI is InChI=1S/C8H16N4/c1-6(5-11-3)4-8(9)7(2)12-10/h4,11-12H,1-2,5,9-10H2,3H3/b8-4+. The maximum atomic E-state index is 5.59. The lowest BCUT2D eigenvalue weighted by atomic mass is 10.2. The van der Waals surface area contributed by atoms with Gasteiger partial charge in [-0.05, 0) is 18.7 Å². The van der Waals surface area contributed by atoms with E-state index in [1.54, 1.807) is 6.08 Å². The predicted octanol–water partition coefficient (Wildman–Crippen LogP) is -0.418. The van der Waals surface area contributed by atoms with Gasteiger partial charge in [0, 0.05) is 6.54 Å². The fraction of sp³-hybridized carbons (Fsp3) is 0.250. The molecule has 0 radical (unpaired) electrons. The van der Waals surface area contributed by atoms with Gasteiger partial charge in [0.2, 0.25) is 0 Å². The average molecular weight is 168 g/mol. The SMILES string of the molecule is C=C(/C=C(/N)C(=C)NN)CNC. The monoisotopic (exact) mass is 168 g/mol. The van der Waals surface area contributed by atoms with E-state index < -0.39 is 0 Å². The van der Waals surface area contributed by atoms with E-state index >= 15 is 0 Å². The van der Waals surface area contributed by atoms with Gasteiger partial charge in [0.15, 0.2) is 0 Å². The van der Waals surface area contributed by atoms with Crippen LogP contribution in [0.15, 0.2) is 36.2 Å². The molecule has 0 unspecified atom stereocenters. The minimum Gasteiger partial charge on any atom is -0.397 e. The zero-order chi connectivity index (χ0) is 9.56. The Balaban J connectivity index is 4.15. The Hall–Kier alpha value is -1.26. The Morgan fingerprint density at radius 1 is 1.50 bits per heavy atom. The van der Waals surface area contributed by atoms with Crippen LogP contribution in [0.5, 0.6) is 0 Å². The number of nitrogens with one attached hydrogen (secondary N) is 2. The molecule has 4 heteroatoms. The summed E-state index contributed by atoms with van der Waals surface area (Å²) in [5.74, 6) is 5.11. The van der Waals surface area contributed by atoms with Crippen LogP contribution < -0.4 is 22.3 Å². The molecule has 0 fully saturated rings. The lowest BCUT2D eigenvalue weighted by Gasteiger charge is -2.05. The van der Waals surface area contributed by atoms with Crippen LogP contribution in [0.2, 0.25) is 0 Å². The molecule has 0 aliphatic rings. The molecule has 6 N–H and O–H groups in total. The summed E-state index contributed by atoms with van der Waals surface area (Å²) in [6.07, 6.45) is 1.72. The van der Waals surface area contributed by atoms with Gasteiger partial charge in [-0.1, -0.05) is 13.2 Å². The normalized spacial score (nSPS) is 11.0. The van der Waals surface area contributed by atoms with E-state index in [-0.39, 0.29) is 0 Å². The maximum absolute atomic E-state index is 5.59. The van der Waals surface area contributed by atoms with Gasteiger partial charge in [0.25, 0.3) is 0 Å². The van der Waals surface area contributed by atoms with E-state index in [9.17, 15) is 0 Å². The molecule has 0 bridgehead atoms. The Morgan fingerprint density at radius 3 is 2.50 bits per heavy atom. The molecule has 0 atom stereocenters. The lowest BCUT2D eigenvalue weighted by molar-refractivity contribution is 0.880. The summed E-state index contributed by atoms with van der Waals surface area (Å²) in [7, 11) is 1.84. The molecule has 68 valence electrons. The Bertz CT molecular complexity index is 205. The first-order valence-corrected chi connectivity index (χ1v) is 3.57. The zero-order valence-corrected chi connectivity index (χ0v) is 7.35. The van der Waals surface area contributed by atoms with Crippen molar-refractivity contribution < 1.29 is 0 Å². The van der Waals surface area contributed by atoms with Crippen molar-refractivity contribution in [3.05, 3.63) is 36.2 Å². The first-order chi connectivity index (χ1) is 5.61. The topological polar surface area (TPSA) is 76.1 Å². The van der Waals surface area contributed by atoms with E-state index in [4.69, 9.17) is 11.6 Å². The van der Waals surface area contributed by atoms with Gasteiger partial charge >= 0.3 is 0 Å². The molecule has 0 heterocycles. The minimum atomic E-state index is 0.493. The average Bonchev–Trinajstić information content (AvgIpc) is 2.03. The Kier molecular flexibility index (Phi) is 4.83. The molecular formula is C8H16N4. The molecule has 0 aromatic rings. The third-order valence-corrected chi connectivity index (χ3v) is 1.29. The summed E-state index contributed by atoms with van der Waals surface area (Å²) in [6, 6.07) is 0. The summed E-state index contributed by atoms with van der Waals surface area (Å²) < 4.78 is 0. The molecule has 0 aromatic heterocycles. The summed E-state index contributed by atoms with van der Waals surface area (Å²) in [6.45, 7) is 8.06. The highest BCUT2D eigenvalue weighted by Gasteiger charge is 1.94. The highest BCUT2D eigenvalue weighted by Crippen LogP contribution is 1.99. The number of nitrogens with two attached hydrogens (primary N) is 2. The van der Waals surface area contributed by atoms with Crippen LogP contribution >= 0.6 is 0 Å². The second kappa shape index (κ2) is 5.40. The molecule has 0 saturated carbocycles. The van der Waals surface area contributed by atoms with Crippen LogP contribution in [-0.2, 0) is 0 Å². The largest absolute Gasteiger partial charge is 0.397 e. The minimum absolute atomic E-state index is 0.493. The molecular weight excluding hydrogens is 152 g/mol. The van der Waals surface area contributed by atoms with Gasteiger partial charge in [0.05, 0.1) is 11.4 Å². The quantitative estimate of drug-likeness (QED) is 0.255. The van der Waals surface area contributed by atoms with E-state index in [1.807, 2.05) is 7.05 Å². The Morgan fingerprint density at radius 2 is 2.08 bits per heavy atom. The van der Waals surface area contributed by atoms with Gasteiger partial charge in [-0.15, -0.1) is 0 Å². The van der Waals surface area contributed by atoms with Crippen LogP contribution in [0.4, 0.5) is 0 Å². The first kappa shape index (κ1) is 10.7. The van der Waals surface area contributed by atoms with Gasteiger partial charge in [-0.3, -0.25) is 5.84 Å². The van der Waals surface area contributed by atoms with Gasteiger partial charge < -0.3 is 16.5 Å². The van der Waals surface area contributed by atoms with Crippen LogP contribution in [0.25, 0.3) is 0 Å². The lowest BCUT2D eigenvalue weighted by Crippen LogP contribution is -2.24. The summed E-state index contributed by atoms with van der Waals surface area (Å²) in [5, 5.41) is 2.95. The summed E-state index contributed by atoms with van der Waals surface area (Å²) >= 11 is 0. The first-order valence-electron chi connectivity index (χ1n) is 3.57. The smallest absolute Gasteiger partial charge is 0.0643 e. The van der Waals surface area contributed by atoms with Gasteiger partial charge in [-0.2, -0.15) is 0 Å². The molecule has 0 rings (SSSR count). The van der Waals surface area contributed by atoms with Gasteiger partial charge in [-0.25, -0.2) is 0 Å². The third kappa shape index (κ3) is 3.80. The molecule has 0 aliphatic heterocycles. The van der Waals surface area contributed by atoms with Crippen molar-refractivity contribution in [2.45, 2.75) is 0 Å². The maximum Gasteiger partial charge on any atom is 0.0643 e. The molecule has 0 saturated heterocycles. The molecule has 4 nitrogen and oxygen atoms in total. The molecule has 12 heavy (non-hydrogen) atoms. The second-order valence-electron chi connectivity index (χ2n) is 2.41.